The quantitative estimate of drug-likeness (QED) is 0.832. The van der Waals surface area contributed by atoms with E-state index in [9.17, 15) is 5.11 Å². The molecule has 0 bridgehead atoms. The van der Waals surface area contributed by atoms with Gasteiger partial charge in [-0.1, -0.05) is 31.5 Å². The summed E-state index contributed by atoms with van der Waals surface area (Å²) in [4.78, 5) is 0. The van der Waals surface area contributed by atoms with Gasteiger partial charge in [0, 0.05) is 3.57 Å². The molecule has 1 aliphatic rings. The lowest BCUT2D eigenvalue weighted by Gasteiger charge is -2.42. The van der Waals surface area contributed by atoms with E-state index in [0.29, 0.717) is 11.8 Å². The van der Waals surface area contributed by atoms with Gasteiger partial charge in [0.2, 0.25) is 0 Å². The van der Waals surface area contributed by atoms with Gasteiger partial charge in [0.25, 0.3) is 0 Å². The molecule has 0 aromatic heterocycles. The van der Waals surface area contributed by atoms with Crippen LogP contribution in [0.2, 0.25) is 0 Å². The highest BCUT2D eigenvalue weighted by atomic mass is 127. The summed E-state index contributed by atoms with van der Waals surface area (Å²) < 4.78 is 1.33. The van der Waals surface area contributed by atoms with Gasteiger partial charge in [-0.05, 0) is 52.5 Å². The zero-order chi connectivity index (χ0) is 10.1. The summed E-state index contributed by atoms with van der Waals surface area (Å²) >= 11 is 2.38. The fraction of sp³-hybridized carbons (Fsp3) is 0.500. The first-order chi connectivity index (χ1) is 6.74. The molecule has 76 valence electrons. The maximum absolute atomic E-state index is 9.63. The average Bonchev–Trinajstić information content (AvgIpc) is 2.16. The number of benzene rings is 1. The summed E-state index contributed by atoms with van der Waals surface area (Å²) in [6, 6.07) is 8.50. The molecule has 1 aliphatic carbocycles. The zero-order valence-electron chi connectivity index (χ0n) is 8.28. The Hall–Kier alpha value is -0.0900. The van der Waals surface area contributed by atoms with E-state index in [1.165, 1.54) is 9.13 Å². The second kappa shape index (κ2) is 4.19. The molecule has 1 saturated carbocycles. The molecule has 1 fully saturated rings. The normalized spacial score (nSPS) is 31.2. The lowest BCUT2D eigenvalue weighted by atomic mass is 9.66. The van der Waals surface area contributed by atoms with E-state index >= 15 is 0 Å². The molecule has 1 nitrogen and oxygen atoms in total. The molecule has 0 amide bonds. The van der Waals surface area contributed by atoms with Crippen LogP contribution in [0.25, 0.3) is 0 Å². The van der Waals surface area contributed by atoms with Gasteiger partial charge in [-0.25, -0.2) is 0 Å². The molecule has 14 heavy (non-hydrogen) atoms. The summed E-state index contributed by atoms with van der Waals surface area (Å²) in [7, 11) is 0. The van der Waals surface area contributed by atoms with Crippen molar-refractivity contribution in [3.63, 3.8) is 0 Å². The van der Waals surface area contributed by atoms with Crippen molar-refractivity contribution < 1.29 is 5.11 Å². The Bertz CT molecular complexity index is 324. The second-order valence-electron chi connectivity index (χ2n) is 4.00. The zero-order valence-corrected chi connectivity index (χ0v) is 10.4. The Morgan fingerprint density at radius 3 is 2.71 bits per heavy atom. The molecule has 1 N–H and O–H groups in total. The molecular weight excluding hydrogens is 287 g/mol. The van der Waals surface area contributed by atoms with Crippen molar-refractivity contribution in [3.8, 4) is 0 Å². The Morgan fingerprint density at radius 1 is 1.43 bits per heavy atom. The number of hydrogen-bond acceptors (Lipinski definition) is 1. The van der Waals surface area contributed by atoms with Crippen LogP contribution in [0, 0.1) is 9.49 Å². The van der Waals surface area contributed by atoms with Crippen molar-refractivity contribution in [1.29, 1.82) is 0 Å². The van der Waals surface area contributed by atoms with Crippen molar-refractivity contribution in [3.05, 3.63) is 33.4 Å². The second-order valence-corrected chi connectivity index (χ2v) is 5.17. The third-order valence-electron chi connectivity index (χ3n) is 3.28. The molecule has 2 rings (SSSR count). The van der Waals surface area contributed by atoms with Crippen LogP contribution in [0.5, 0.6) is 0 Å². The number of rotatable bonds is 2. The van der Waals surface area contributed by atoms with Gasteiger partial charge in [0.05, 0.1) is 6.10 Å². The van der Waals surface area contributed by atoms with Crippen LogP contribution >= 0.6 is 22.6 Å². The highest BCUT2D eigenvalue weighted by Crippen LogP contribution is 2.45. The molecule has 1 aromatic carbocycles. The molecule has 3 unspecified atom stereocenters. The summed E-state index contributed by atoms with van der Waals surface area (Å²) in [5, 5.41) is 9.63. The minimum atomic E-state index is -0.0685. The van der Waals surface area contributed by atoms with E-state index in [-0.39, 0.29) is 6.10 Å². The van der Waals surface area contributed by atoms with Crippen molar-refractivity contribution in [2.75, 3.05) is 0 Å². The lowest BCUT2D eigenvalue weighted by molar-refractivity contribution is -0.000989. The van der Waals surface area contributed by atoms with E-state index < -0.39 is 0 Å². The van der Waals surface area contributed by atoms with Gasteiger partial charge < -0.3 is 5.11 Å². The average molecular weight is 302 g/mol. The largest absolute Gasteiger partial charge is 0.393 e. The van der Waals surface area contributed by atoms with Gasteiger partial charge in [0.1, 0.15) is 0 Å². The molecule has 0 aliphatic heterocycles. The molecule has 0 spiro atoms. The number of halogens is 1. The first kappa shape index (κ1) is 10.4. The van der Waals surface area contributed by atoms with Crippen LogP contribution < -0.4 is 0 Å². The van der Waals surface area contributed by atoms with Crippen LogP contribution in [0.15, 0.2) is 24.3 Å². The molecule has 0 radical (unpaired) electrons. The molecule has 0 heterocycles. The van der Waals surface area contributed by atoms with Gasteiger partial charge >= 0.3 is 0 Å². The highest BCUT2D eigenvalue weighted by molar-refractivity contribution is 14.1. The van der Waals surface area contributed by atoms with Crippen molar-refractivity contribution in [1.82, 2.24) is 0 Å². The first-order valence-corrected chi connectivity index (χ1v) is 6.24. The molecule has 1 aromatic rings. The predicted molar refractivity (Wildman–Crippen MR) is 66.3 cm³/mol. The standard InChI is InChI=1S/C12H15IO/c1-2-8-10(7-12(8)14)9-5-3-4-6-11(9)13/h3-6,8,10,12,14H,2,7H2,1H3. The smallest absolute Gasteiger partial charge is 0.0580 e. The van der Waals surface area contributed by atoms with Crippen LogP contribution in [-0.4, -0.2) is 11.2 Å². The maximum Gasteiger partial charge on any atom is 0.0580 e. The SMILES string of the molecule is CCC1C(O)CC1c1ccccc1I. The van der Waals surface area contributed by atoms with E-state index in [1.54, 1.807) is 0 Å². The minimum absolute atomic E-state index is 0.0685. The van der Waals surface area contributed by atoms with E-state index in [1.807, 2.05) is 0 Å². The fourth-order valence-corrected chi connectivity index (χ4v) is 3.16. The first-order valence-electron chi connectivity index (χ1n) is 5.16. The minimum Gasteiger partial charge on any atom is -0.393 e. The van der Waals surface area contributed by atoms with E-state index in [2.05, 4.69) is 53.8 Å². The topological polar surface area (TPSA) is 20.2 Å². The highest BCUT2D eigenvalue weighted by Gasteiger charge is 2.39. The summed E-state index contributed by atoms with van der Waals surface area (Å²) in [6.45, 7) is 2.16. The lowest BCUT2D eigenvalue weighted by Crippen LogP contribution is -2.39. The third-order valence-corrected chi connectivity index (χ3v) is 4.26. The number of hydrogen-bond donors (Lipinski definition) is 1. The number of aliphatic hydroxyl groups excluding tert-OH is 1. The van der Waals surface area contributed by atoms with Crippen LogP contribution in [0.3, 0.4) is 0 Å². The predicted octanol–water partition coefficient (Wildman–Crippen LogP) is 3.17. The van der Waals surface area contributed by atoms with E-state index in [0.717, 1.165) is 12.8 Å². The number of aliphatic hydroxyl groups is 1. The summed E-state index contributed by atoms with van der Waals surface area (Å²) in [5.41, 5.74) is 1.42. The van der Waals surface area contributed by atoms with E-state index in [4.69, 9.17) is 0 Å². The Morgan fingerprint density at radius 2 is 2.14 bits per heavy atom. The Balaban J connectivity index is 2.21. The third kappa shape index (κ3) is 1.70. The molecule has 2 heteroatoms. The van der Waals surface area contributed by atoms with Crippen LogP contribution in [0.1, 0.15) is 31.2 Å². The van der Waals surface area contributed by atoms with Crippen molar-refractivity contribution in [2.24, 2.45) is 5.92 Å². The summed E-state index contributed by atoms with van der Waals surface area (Å²) in [5.74, 6) is 1.06. The fourth-order valence-electron chi connectivity index (χ4n) is 2.37. The van der Waals surface area contributed by atoms with Gasteiger partial charge in [0.15, 0.2) is 0 Å². The summed E-state index contributed by atoms with van der Waals surface area (Å²) in [6.07, 6.45) is 1.95. The Kier molecular flexibility index (Phi) is 3.12. The van der Waals surface area contributed by atoms with Crippen LogP contribution in [0.4, 0.5) is 0 Å². The van der Waals surface area contributed by atoms with Crippen molar-refractivity contribution >= 4 is 22.6 Å². The molecule has 3 atom stereocenters. The monoisotopic (exact) mass is 302 g/mol. The molecular formula is C12H15IO. The maximum atomic E-state index is 9.63. The van der Waals surface area contributed by atoms with Gasteiger partial charge in [-0.2, -0.15) is 0 Å². The van der Waals surface area contributed by atoms with Crippen molar-refractivity contribution in [2.45, 2.75) is 31.8 Å². The Labute approximate surface area is 98.7 Å². The van der Waals surface area contributed by atoms with Gasteiger partial charge in [-0.15, -0.1) is 0 Å². The van der Waals surface area contributed by atoms with Crippen LogP contribution in [-0.2, 0) is 0 Å². The van der Waals surface area contributed by atoms with Gasteiger partial charge in [-0.3, -0.25) is 0 Å². The molecule has 0 saturated heterocycles.